The van der Waals surface area contributed by atoms with Crippen molar-refractivity contribution in [3.8, 4) is 0 Å². The second-order valence-corrected chi connectivity index (χ2v) is 5.13. The molecule has 1 aromatic heterocycles. The number of anilines is 1. The van der Waals surface area contributed by atoms with Crippen LogP contribution in [-0.2, 0) is 0 Å². The van der Waals surface area contributed by atoms with E-state index in [4.69, 9.17) is 0 Å². The van der Waals surface area contributed by atoms with E-state index in [1.807, 2.05) is 0 Å². The average molecular weight is 287 g/mol. The lowest BCUT2D eigenvalue weighted by molar-refractivity contribution is 0.539. The van der Waals surface area contributed by atoms with Gasteiger partial charge in [0, 0.05) is 23.8 Å². The zero-order chi connectivity index (χ0) is 11.4. The van der Waals surface area contributed by atoms with Crippen LogP contribution in [-0.4, -0.2) is 18.1 Å². The fourth-order valence-electron chi connectivity index (χ4n) is 2.10. The normalized spacial score (nSPS) is 18.0. The van der Waals surface area contributed by atoms with Gasteiger partial charge >= 0.3 is 0 Å². The minimum absolute atomic E-state index is 0.227. The highest BCUT2D eigenvalue weighted by atomic mass is 79.9. The quantitative estimate of drug-likeness (QED) is 0.782. The molecule has 0 bridgehead atoms. The Kier molecular flexibility index (Phi) is 4.16. The van der Waals surface area contributed by atoms with Gasteiger partial charge in [-0.1, -0.05) is 19.3 Å². The van der Waals surface area contributed by atoms with Gasteiger partial charge in [-0.2, -0.15) is 0 Å². The Balaban J connectivity index is 2.14. The Morgan fingerprint density at radius 1 is 1.12 bits per heavy atom. The van der Waals surface area contributed by atoms with Crippen LogP contribution in [0.2, 0.25) is 0 Å². The maximum absolute atomic E-state index is 13.7. The Morgan fingerprint density at radius 2 is 1.75 bits per heavy atom. The second kappa shape index (κ2) is 5.62. The van der Waals surface area contributed by atoms with Crippen LogP contribution in [0.15, 0.2) is 16.7 Å². The van der Waals surface area contributed by atoms with Crippen LogP contribution in [0.5, 0.6) is 0 Å². The Hall–Kier alpha value is -0.640. The minimum atomic E-state index is -0.227. The van der Waals surface area contributed by atoms with Crippen LogP contribution >= 0.6 is 15.9 Å². The molecule has 4 heteroatoms. The number of hydrogen-bond acceptors (Lipinski definition) is 2. The first-order valence-corrected chi connectivity index (χ1v) is 6.62. The smallest absolute Gasteiger partial charge is 0.166 e. The summed E-state index contributed by atoms with van der Waals surface area (Å²) in [5, 5.41) is 0. The zero-order valence-electron chi connectivity index (χ0n) is 9.25. The number of nitrogens with zero attached hydrogens (tertiary/aromatic N) is 2. The van der Waals surface area contributed by atoms with Gasteiger partial charge in [0.15, 0.2) is 11.6 Å². The first kappa shape index (κ1) is 11.8. The summed E-state index contributed by atoms with van der Waals surface area (Å²) in [5.74, 6) is 0.278. The lowest BCUT2D eigenvalue weighted by Gasteiger charge is -2.26. The summed E-state index contributed by atoms with van der Waals surface area (Å²) in [4.78, 5) is 6.25. The number of hydrogen-bond donors (Lipinski definition) is 0. The third-order valence-electron chi connectivity index (χ3n) is 2.94. The van der Waals surface area contributed by atoms with E-state index >= 15 is 0 Å². The number of rotatable bonds is 1. The van der Waals surface area contributed by atoms with Crippen LogP contribution in [0.4, 0.5) is 10.2 Å². The van der Waals surface area contributed by atoms with E-state index in [-0.39, 0.29) is 5.82 Å². The van der Waals surface area contributed by atoms with Gasteiger partial charge < -0.3 is 4.90 Å². The molecule has 0 amide bonds. The van der Waals surface area contributed by atoms with E-state index < -0.39 is 0 Å². The number of aromatic nitrogens is 1. The predicted octanol–water partition coefficient (Wildman–Crippen LogP) is 3.75. The van der Waals surface area contributed by atoms with E-state index in [0.717, 1.165) is 25.9 Å². The highest BCUT2D eigenvalue weighted by molar-refractivity contribution is 9.10. The summed E-state index contributed by atoms with van der Waals surface area (Å²) >= 11 is 3.23. The SMILES string of the molecule is Fc1cc(Br)cnc1N1CCCCCCC1. The van der Waals surface area contributed by atoms with Crippen LogP contribution in [0.1, 0.15) is 32.1 Å². The van der Waals surface area contributed by atoms with Gasteiger partial charge in [0.2, 0.25) is 0 Å². The molecule has 2 rings (SSSR count). The number of halogens is 2. The Morgan fingerprint density at radius 3 is 2.38 bits per heavy atom. The molecule has 2 nitrogen and oxygen atoms in total. The third kappa shape index (κ3) is 2.94. The molecule has 1 saturated heterocycles. The van der Waals surface area contributed by atoms with Crippen molar-refractivity contribution in [3.05, 3.63) is 22.6 Å². The molecule has 0 saturated carbocycles. The van der Waals surface area contributed by atoms with Gasteiger partial charge in [-0.3, -0.25) is 0 Å². The molecule has 0 N–H and O–H groups in total. The maximum atomic E-state index is 13.7. The average Bonchev–Trinajstić information content (AvgIpc) is 2.19. The lowest BCUT2D eigenvalue weighted by Crippen LogP contribution is -2.28. The van der Waals surface area contributed by atoms with Crippen molar-refractivity contribution in [1.29, 1.82) is 0 Å². The third-order valence-corrected chi connectivity index (χ3v) is 3.38. The van der Waals surface area contributed by atoms with Gasteiger partial charge in [0.25, 0.3) is 0 Å². The topological polar surface area (TPSA) is 16.1 Å². The van der Waals surface area contributed by atoms with Crippen molar-refractivity contribution in [3.63, 3.8) is 0 Å². The largest absolute Gasteiger partial charge is 0.354 e. The van der Waals surface area contributed by atoms with E-state index in [2.05, 4.69) is 25.8 Å². The molecule has 1 fully saturated rings. The second-order valence-electron chi connectivity index (χ2n) is 4.21. The molecular weight excluding hydrogens is 271 g/mol. The van der Waals surface area contributed by atoms with Crippen molar-refractivity contribution < 1.29 is 4.39 Å². The van der Waals surface area contributed by atoms with E-state index in [0.29, 0.717) is 10.3 Å². The van der Waals surface area contributed by atoms with E-state index in [9.17, 15) is 4.39 Å². The summed E-state index contributed by atoms with van der Waals surface area (Å²) < 4.78 is 14.4. The summed E-state index contributed by atoms with van der Waals surface area (Å²) in [7, 11) is 0. The van der Waals surface area contributed by atoms with Crippen molar-refractivity contribution in [1.82, 2.24) is 4.98 Å². The molecule has 0 aromatic carbocycles. The van der Waals surface area contributed by atoms with Crippen molar-refractivity contribution in [2.24, 2.45) is 0 Å². The van der Waals surface area contributed by atoms with Gasteiger partial charge in [-0.05, 0) is 34.8 Å². The van der Waals surface area contributed by atoms with Crippen molar-refractivity contribution in [2.75, 3.05) is 18.0 Å². The monoisotopic (exact) mass is 286 g/mol. The van der Waals surface area contributed by atoms with Gasteiger partial charge in [0.05, 0.1) is 0 Å². The van der Waals surface area contributed by atoms with Crippen LogP contribution in [0.3, 0.4) is 0 Å². The van der Waals surface area contributed by atoms with Crippen molar-refractivity contribution >= 4 is 21.7 Å². The van der Waals surface area contributed by atoms with Crippen LogP contribution in [0.25, 0.3) is 0 Å². The summed E-state index contributed by atoms with van der Waals surface area (Å²) in [6.07, 6.45) is 7.74. The highest BCUT2D eigenvalue weighted by Crippen LogP contribution is 2.22. The molecule has 1 aliphatic rings. The fourth-order valence-corrected chi connectivity index (χ4v) is 2.40. The first-order chi connectivity index (χ1) is 7.77. The molecule has 0 spiro atoms. The van der Waals surface area contributed by atoms with Crippen molar-refractivity contribution in [2.45, 2.75) is 32.1 Å². The molecule has 16 heavy (non-hydrogen) atoms. The molecule has 1 aromatic rings. The van der Waals surface area contributed by atoms with Gasteiger partial charge in [-0.15, -0.1) is 0 Å². The molecule has 0 aliphatic carbocycles. The zero-order valence-corrected chi connectivity index (χ0v) is 10.8. The molecule has 0 atom stereocenters. The standard InChI is InChI=1S/C12H16BrFN2/c13-10-8-11(14)12(15-9-10)16-6-4-2-1-3-5-7-16/h8-9H,1-7H2. The molecule has 0 unspecified atom stereocenters. The summed E-state index contributed by atoms with van der Waals surface area (Å²) in [6, 6.07) is 1.49. The predicted molar refractivity (Wildman–Crippen MR) is 67.2 cm³/mol. The van der Waals surface area contributed by atoms with Gasteiger partial charge in [-0.25, -0.2) is 9.37 Å². The minimum Gasteiger partial charge on any atom is -0.354 e. The van der Waals surface area contributed by atoms with Crippen LogP contribution < -0.4 is 4.90 Å². The molecule has 2 heterocycles. The van der Waals surface area contributed by atoms with Crippen LogP contribution in [0, 0.1) is 5.82 Å². The van der Waals surface area contributed by atoms with E-state index in [1.165, 1.54) is 25.3 Å². The Labute approximate surface area is 104 Å². The van der Waals surface area contributed by atoms with Gasteiger partial charge in [0.1, 0.15) is 0 Å². The molecule has 88 valence electrons. The molecule has 0 radical (unpaired) electrons. The number of pyridine rings is 1. The fraction of sp³-hybridized carbons (Fsp3) is 0.583. The lowest BCUT2D eigenvalue weighted by atomic mass is 10.1. The highest BCUT2D eigenvalue weighted by Gasteiger charge is 2.14. The summed E-state index contributed by atoms with van der Waals surface area (Å²) in [6.45, 7) is 1.84. The maximum Gasteiger partial charge on any atom is 0.166 e. The van der Waals surface area contributed by atoms with E-state index in [1.54, 1.807) is 6.20 Å². The summed E-state index contributed by atoms with van der Waals surface area (Å²) in [5.41, 5.74) is 0. The first-order valence-electron chi connectivity index (χ1n) is 5.83. The molecular formula is C12H16BrFN2. The molecule has 1 aliphatic heterocycles. The Bertz CT molecular complexity index is 349.